The van der Waals surface area contributed by atoms with Crippen LogP contribution in [0.1, 0.15) is 43.0 Å². The highest BCUT2D eigenvalue weighted by Gasteiger charge is 2.18. The number of ether oxygens (including phenoxy) is 1. The molecule has 0 radical (unpaired) electrons. The highest BCUT2D eigenvalue weighted by Crippen LogP contribution is 2.34. The highest BCUT2D eigenvalue weighted by atomic mass is 35.5. The van der Waals surface area contributed by atoms with Crippen LogP contribution in [-0.2, 0) is 4.74 Å². The fraction of sp³-hybridized carbons (Fsp3) is 0.571. The van der Waals surface area contributed by atoms with Crippen molar-refractivity contribution in [2.75, 3.05) is 6.61 Å². The molecule has 4 heteroatoms. The molecule has 2 rings (SSSR count). The molecule has 1 nitrogen and oxygen atoms in total. The van der Waals surface area contributed by atoms with Gasteiger partial charge in [-0.15, -0.1) is 11.6 Å². The maximum Gasteiger partial charge on any atom is 0.0600 e. The summed E-state index contributed by atoms with van der Waals surface area (Å²) < 4.78 is 5.70. The molecular formula is C14H17Cl3O. The van der Waals surface area contributed by atoms with E-state index in [-0.39, 0.29) is 5.38 Å². The van der Waals surface area contributed by atoms with E-state index in [1.54, 1.807) is 6.07 Å². The summed E-state index contributed by atoms with van der Waals surface area (Å²) >= 11 is 18.4. The van der Waals surface area contributed by atoms with Gasteiger partial charge in [0.1, 0.15) is 0 Å². The summed E-state index contributed by atoms with van der Waals surface area (Å²) in [5, 5.41) is 1.22. The Balaban J connectivity index is 1.88. The van der Waals surface area contributed by atoms with Crippen LogP contribution in [0.15, 0.2) is 18.2 Å². The third-order valence-electron chi connectivity index (χ3n) is 3.32. The average Bonchev–Trinajstić information content (AvgIpc) is 2.37. The van der Waals surface area contributed by atoms with Gasteiger partial charge in [-0.05, 0) is 49.8 Å². The van der Waals surface area contributed by atoms with Crippen LogP contribution in [0.5, 0.6) is 0 Å². The van der Waals surface area contributed by atoms with Crippen LogP contribution in [0.25, 0.3) is 0 Å². The third kappa shape index (κ3) is 4.03. The molecule has 100 valence electrons. The number of alkyl halides is 1. The summed E-state index contributed by atoms with van der Waals surface area (Å²) in [7, 11) is 0. The van der Waals surface area contributed by atoms with E-state index in [4.69, 9.17) is 39.5 Å². The van der Waals surface area contributed by atoms with Crippen molar-refractivity contribution < 1.29 is 4.74 Å². The first-order valence-corrected chi connectivity index (χ1v) is 7.56. The lowest BCUT2D eigenvalue weighted by Crippen LogP contribution is -2.19. The van der Waals surface area contributed by atoms with Crippen molar-refractivity contribution in [1.29, 1.82) is 0 Å². The van der Waals surface area contributed by atoms with Crippen molar-refractivity contribution in [3.63, 3.8) is 0 Å². The van der Waals surface area contributed by atoms with Gasteiger partial charge in [0.25, 0.3) is 0 Å². The molecule has 0 aromatic heterocycles. The van der Waals surface area contributed by atoms with Gasteiger partial charge in [-0.25, -0.2) is 0 Å². The van der Waals surface area contributed by atoms with Crippen LogP contribution in [0, 0.1) is 0 Å². The van der Waals surface area contributed by atoms with Crippen LogP contribution < -0.4 is 0 Å². The van der Waals surface area contributed by atoms with Gasteiger partial charge < -0.3 is 4.74 Å². The van der Waals surface area contributed by atoms with Crippen molar-refractivity contribution in [1.82, 2.24) is 0 Å². The first-order chi connectivity index (χ1) is 8.66. The molecule has 0 aliphatic carbocycles. The van der Waals surface area contributed by atoms with Gasteiger partial charge >= 0.3 is 0 Å². The Bertz CT molecular complexity index is 389. The monoisotopic (exact) mass is 306 g/mol. The second kappa shape index (κ2) is 7.00. The molecule has 1 aliphatic rings. The molecule has 2 unspecified atom stereocenters. The van der Waals surface area contributed by atoms with E-state index >= 15 is 0 Å². The smallest absolute Gasteiger partial charge is 0.0600 e. The predicted octanol–water partition coefficient (Wildman–Crippen LogP) is 5.62. The molecular weight excluding hydrogens is 291 g/mol. The Morgan fingerprint density at radius 3 is 2.78 bits per heavy atom. The first-order valence-electron chi connectivity index (χ1n) is 6.37. The molecule has 18 heavy (non-hydrogen) atoms. The van der Waals surface area contributed by atoms with Crippen molar-refractivity contribution in [2.45, 2.75) is 43.6 Å². The molecule has 0 N–H and O–H groups in total. The minimum absolute atomic E-state index is 0.0692. The lowest BCUT2D eigenvalue weighted by Gasteiger charge is -2.23. The van der Waals surface area contributed by atoms with E-state index in [0.29, 0.717) is 16.1 Å². The lowest BCUT2D eigenvalue weighted by molar-refractivity contribution is 0.0100. The quantitative estimate of drug-likeness (QED) is 0.656. The molecule has 0 spiro atoms. The van der Waals surface area contributed by atoms with Crippen molar-refractivity contribution in [3.05, 3.63) is 33.8 Å². The molecule has 0 amide bonds. The summed E-state index contributed by atoms with van der Waals surface area (Å²) in [6, 6.07) is 5.48. The highest BCUT2D eigenvalue weighted by molar-refractivity contribution is 6.35. The van der Waals surface area contributed by atoms with E-state index in [2.05, 4.69) is 0 Å². The van der Waals surface area contributed by atoms with Crippen LogP contribution in [-0.4, -0.2) is 12.7 Å². The zero-order valence-electron chi connectivity index (χ0n) is 10.2. The number of halogens is 3. The van der Waals surface area contributed by atoms with Crippen LogP contribution >= 0.6 is 34.8 Å². The topological polar surface area (TPSA) is 9.23 Å². The van der Waals surface area contributed by atoms with Gasteiger partial charge in [-0.2, -0.15) is 0 Å². The Hall–Kier alpha value is 0.0500. The van der Waals surface area contributed by atoms with Crippen molar-refractivity contribution in [2.24, 2.45) is 0 Å². The summed E-state index contributed by atoms with van der Waals surface area (Å²) in [5.41, 5.74) is 0.957. The van der Waals surface area contributed by atoms with Crippen molar-refractivity contribution >= 4 is 34.8 Å². The van der Waals surface area contributed by atoms with Gasteiger partial charge in [0.2, 0.25) is 0 Å². The van der Waals surface area contributed by atoms with Crippen LogP contribution in [0.3, 0.4) is 0 Å². The summed E-state index contributed by atoms with van der Waals surface area (Å²) in [6.07, 6.45) is 5.84. The Morgan fingerprint density at radius 1 is 1.28 bits per heavy atom. The molecule has 1 aliphatic heterocycles. The predicted molar refractivity (Wildman–Crippen MR) is 77.9 cm³/mol. The van der Waals surface area contributed by atoms with E-state index in [0.717, 1.165) is 31.4 Å². The molecule has 1 fully saturated rings. The molecule has 0 saturated carbocycles. The maximum atomic E-state index is 6.40. The molecule has 1 aromatic rings. The molecule has 2 atom stereocenters. The standard InChI is InChI=1S/C14H17Cl3O/c15-10-4-6-12(14(17)9-10)13(16)7-5-11-3-1-2-8-18-11/h4,6,9,11,13H,1-3,5,7-8H2. The molecule has 0 bridgehead atoms. The fourth-order valence-corrected chi connectivity index (χ4v) is 3.19. The second-order valence-electron chi connectivity index (χ2n) is 4.70. The Labute approximate surface area is 123 Å². The fourth-order valence-electron chi connectivity index (χ4n) is 2.28. The average molecular weight is 308 g/mol. The Kier molecular flexibility index (Phi) is 5.62. The minimum atomic E-state index is -0.0692. The van der Waals surface area contributed by atoms with E-state index in [1.165, 1.54) is 12.8 Å². The summed E-state index contributed by atoms with van der Waals surface area (Å²) in [4.78, 5) is 0. The largest absolute Gasteiger partial charge is 0.378 e. The zero-order chi connectivity index (χ0) is 13.0. The zero-order valence-corrected chi connectivity index (χ0v) is 12.4. The van der Waals surface area contributed by atoms with Gasteiger partial charge in [0.05, 0.1) is 11.5 Å². The van der Waals surface area contributed by atoms with E-state index in [1.807, 2.05) is 12.1 Å². The summed E-state index contributed by atoms with van der Waals surface area (Å²) in [5.74, 6) is 0. The number of rotatable bonds is 4. The first kappa shape index (κ1) is 14.5. The number of hydrogen-bond donors (Lipinski definition) is 0. The second-order valence-corrected chi connectivity index (χ2v) is 6.07. The normalized spacial score (nSPS) is 21.8. The van der Waals surface area contributed by atoms with Gasteiger partial charge in [-0.3, -0.25) is 0 Å². The maximum absolute atomic E-state index is 6.40. The van der Waals surface area contributed by atoms with Gasteiger partial charge in [-0.1, -0.05) is 29.3 Å². The van der Waals surface area contributed by atoms with Crippen molar-refractivity contribution in [3.8, 4) is 0 Å². The van der Waals surface area contributed by atoms with Gasteiger partial charge in [0, 0.05) is 16.7 Å². The van der Waals surface area contributed by atoms with E-state index in [9.17, 15) is 0 Å². The minimum Gasteiger partial charge on any atom is -0.378 e. The van der Waals surface area contributed by atoms with Crippen LogP contribution in [0.2, 0.25) is 10.0 Å². The van der Waals surface area contributed by atoms with Crippen LogP contribution in [0.4, 0.5) is 0 Å². The van der Waals surface area contributed by atoms with Gasteiger partial charge in [0.15, 0.2) is 0 Å². The van der Waals surface area contributed by atoms with E-state index < -0.39 is 0 Å². The summed E-state index contributed by atoms with van der Waals surface area (Å²) in [6.45, 7) is 0.888. The Morgan fingerprint density at radius 2 is 2.11 bits per heavy atom. The molecule has 1 aromatic carbocycles. The number of hydrogen-bond acceptors (Lipinski definition) is 1. The lowest BCUT2D eigenvalue weighted by atomic mass is 10.0. The molecule has 1 heterocycles. The number of benzene rings is 1. The third-order valence-corrected chi connectivity index (χ3v) is 4.33. The SMILES string of the molecule is Clc1ccc(C(Cl)CCC2CCCCO2)c(Cl)c1. The molecule has 1 saturated heterocycles.